The Morgan fingerprint density at radius 1 is 1.39 bits per heavy atom. The van der Waals surface area contributed by atoms with E-state index < -0.39 is 0 Å². The quantitative estimate of drug-likeness (QED) is 0.433. The zero-order valence-corrected chi connectivity index (χ0v) is 14.1. The van der Waals surface area contributed by atoms with Gasteiger partial charge in [0, 0.05) is 31.1 Å². The molecule has 2 aromatic rings. The summed E-state index contributed by atoms with van der Waals surface area (Å²) in [6.07, 6.45) is 6.14. The first kappa shape index (κ1) is 17.3. The summed E-state index contributed by atoms with van der Waals surface area (Å²) in [7, 11) is 0. The van der Waals surface area contributed by atoms with Gasteiger partial charge < -0.3 is 9.72 Å². The Kier molecular flexibility index (Phi) is 6.41. The van der Waals surface area contributed by atoms with Crippen LogP contribution in [0, 0.1) is 0 Å². The second-order valence-electron chi connectivity index (χ2n) is 5.65. The van der Waals surface area contributed by atoms with Gasteiger partial charge in [-0.2, -0.15) is 0 Å². The van der Waals surface area contributed by atoms with E-state index in [4.69, 9.17) is 4.74 Å². The molecule has 0 saturated carbocycles. The summed E-state index contributed by atoms with van der Waals surface area (Å²) in [6, 6.07) is 5.85. The number of nitrogens with zero attached hydrogens (tertiary/aromatic N) is 1. The number of rotatable bonds is 9. The predicted molar refractivity (Wildman–Crippen MR) is 94.9 cm³/mol. The van der Waals surface area contributed by atoms with E-state index in [-0.39, 0.29) is 5.97 Å². The van der Waals surface area contributed by atoms with Crippen molar-refractivity contribution >= 4 is 16.9 Å². The fourth-order valence-electron chi connectivity index (χ4n) is 2.69. The topological polar surface area (TPSA) is 45.3 Å². The molecule has 0 amide bonds. The van der Waals surface area contributed by atoms with E-state index in [9.17, 15) is 4.79 Å². The highest BCUT2D eigenvalue weighted by Gasteiger charge is 2.12. The van der Waals surface area contributed by atoms with E-state index in [0.717, 1.165) is 43.4 Å². The third-order valence-electron chi connectivity index (χ3n) is 3.97. The lowest BCUT2D eigenvalue weighted by atomic mass is 10.1. The van der Waals surface area contributed by atoms with Gasteiger partial charge in [0.05, 0.1) is 5.52 Å². The van der Waals surface area contributed by atoms with Gasteiger partial charge in [0.2, 0.25) is 0 Å². The summed E-state index contributed by atoms with van der Waals surface area (Å²) in [5, 5.41) is 1.13. The molecule has 0 atom stereocenters. The second-order valence-corrected chi connectivity index (χ2v) is 5.65. The first-order chi connectivity index (χ1) is 11.2. The number of ether oxygens (including phenoxy) is 1. The van der Waals surface area contributed by atoms with Crippen molar-refractivity contribution in [3.63, 3.8) is 0 Å². The number of para-hydroxylation sites is 1. The Morgan fingerprint density at radius 2 is 2.22 bits per heavy atom. The van der Waals surface area contributed by atoms with Crippen molar-refractivity contribution < 1.29 is 9.53 Å². The van der Waals surface area contributed by atoms with Gasteiger partial charge in [-0.3, -0.25) is 9.69 Å². The van der Waals surface area contributed by atoms with Crippen LogP contribution in [-0.2, 0) is 11.2 Å². The summed E-state index contributed by atoms with van der Waals surface area (Å²) >= 11 is 0. The number of esters is 1. The first-order valence-corrected chi connectivity index (χ1v) is 8.32. The molecule has 23 heavy (non-hydrogen) atoms. The smallest absolute Gasteiger partial charge is 0.311 e. The zero-order valence-electron chi connectivity index (χ0n) is 14.1. The normalized spacial score (nSPS) is 11.1. The highest BCUT2D eigenvalue weighted by Crippen LogP contribution is 2.28. The Morgan fingerprint density at radius 3 is 2.91 bits per heavy atom. The van der Waals surface area contributed by atoms with Crippen LogP contribution in [0.25, 0.3) is 10.9 Å². The molecule has 0 saturated heterocycles. The van der Waals surface area contributed by atoms with Crippen LogP contribution in [0.1, 0.15) is 32.3 Å². The SMILES string of the molecule is C=CCN(CC)CCc1c[nH]c2c(OC(=O)CCC)cccc12. The number of aromatic amines is 1. The minimum Gasteiger partial charge on any atom is -0.424 e. The van der Waals surface area contributed by atoms with Crippen LogP contribution in [0.2, 0.25) is 0 Å². The molecule has 0 radical (unpaired) electrons. The van der Waals surface area contributed by atoms with Gasteiger partial charge in [0.15, 0.2) is 5.75 Å². The van der Waals surface area contributed by atoms with Gasteiger partial charge in [-0.15, -0.1) is 6.58 Å². The standard InChI is InChI=1S/C19H26N2O2/c1-4-8-18(22)23-17-10-7-9-16-15(14-20-19(16)17)11-13-21(6-3)12-5-2/h5,7,9-10,14,20H,2,4,6,8,11-13H2,1,3H3. The molecule has 1 N–H and O–H groups in total. The van der Waals surface area contributed by atoms with Gasteiger partial charge in [-0.1, -0.05) is 32.1 Å². The molecule has 0 aliphatic heterocycles. The van der Waals surface area contributed by atoms with E-state index in [1.165, 1.54) is 5.56 Å². The highest BCUT2D eigenvalue weighted by atomic mass is 16.5. The summed E-state index contributed by atoms with van der Waals surface area (Å²) < 4.78 is 5.47. The average Bonchev–Trinajstić information content (AvgIpc) is 2.96. The molecule has 1 heterocycles. The lowest BCUT2D eigenvalue weighted by Gasteiger charge is -2.17. The van der Waals surface area contributed by atoms with Gasteiger partial charge in [-0.25, -0.2) is 0 Å². The van der Waals surface area contributed by atoms with Crippen LogP contribution in [0.3, 0.4) is 0 Å². The van der Waals surface area contributed by atoms with Crippen LogP contribution in [-0.4, -0.2) is 35.5 Å². The van der Waals surface area contributed by atoms with Crippen molar-refractivity contribution in [3.8, 4) is 5.75 Å². The third-order valence-corrected chi connectivity index (χ3v) is 3.97. The molecule has 0 bridgehead atoms. The average molecular weight is 314 g/mol. The van der Waals surface area contributed by atoms with Gasteiger partial charge in [0.1, 0.15) is 0 Å². The zero-order chi connectivity index (χ0) is 16.7. The number of hydrogen-bond donors (Lipinski definition) is 1. The molecular formula is C19H26N2O2. The molecule has 2 rings (SSSR count). The molecule has 4 nitrogen and oxygen atoms in total. The molecule has 1 aromatic carbocycles. The third kappa shape index (κ3) is 4.45. The molecule has 0 spiro atoms. The Hall–Kier alpha value is -2.07. The van der Waals surface area contributed by atoms with Crippen molar-refractivity contribution in [2.24, 2.45) is 0 Å². The minimum absolute atomic E-state index is 0.181. The monoisotopic (exact) mass is 314 g/mol. The van der Waals surface area contributed by atoms with E-state index in [0.29, 0.717) is 12.2 Å². The maximum atomic E-state index is 11.7. The van der Waals surface area contributed by atoms with Crippen molar-refractivity contribution in [1.29, 1.82) is 0 Å². The number of nitrogens with one attached hydrogen (secondary N) is 1. The number of carbonyl (C=O) groups is 1. The van der Waals surface area contributed by atoms with Gasteiger partial charge in [0.25, 0.3) is 0 Å². The second kappa shape index (κ2) is 8.53. The van der Waals surface area contributed by atoms with Crippen LogP contribution in [0.4, 0.5) is 0 Å². The highest BCUT2D eigenvalue weighted by molar-refractivity contribution is 5.90. The number of carbonyl (C=O) groups excluding carboxylic acids is 1. The molecular weight excluding hydrogens is 288 g/mol. The summed E-state index contributed by atoms with van der Waals surface area (Å²) in [5.41, 5.74) is 2.15. The molecule has 1 aromatic heterocycles. The summed E-state index contributed by atoms with van der Waals surface area (Å²) in [5.74, 6) is 0.435. The number of likely N-dealkylation sites (N-methyl/N-ethyl adjacent to an activating group) is 1. The fraction of sp³-hybridized carbons (Fsp3) is 0.421. The minimum atomic E-state index is -0.181. The van der Waals surface area contributed by atoms with Crippen molar-refractivity contribution in [2.45, 2.75) is 33.1 Å². The van der Waals surface area contributed by atoms with E-state index in [1.807, 2.05) is 31.3 Å². The molecule has 124 valence electrons. The maximum Gasteiger partial charge on any atom is 0.311 e. The van der Waals surface area contributed by atoms with Gasteiger partial charge in [-0.05, 0) is 31.0 Å². The number of aromatic nitrogens is 1. The van der Waals surface area contributed by atoms with E-state index in [2.05, 4.69) is 29.5 Å². The van der Waals surface area contributed by atoms with Crippen LogP contribution in [0.5, 0.6) is 5.75 Å². The summed E-state index contributed by atoms with van der Waals surface area (Å²) in [4.78, 5) is 17.3. The Bertz CT molecular complexity index is 660. The fourth-order valence-corrected chi connectivity index (χ4v) is 2.69. The number of fused-ring (bicyclic) bond motifs is 1. The molecule has 0 aliphatic rings. The Labute approximate surface area is 138 Å². The van der Waals surface area contributed by atoms with Crippen LogP contribution < -0.4 is 4.74 Å². The molecule has 0 unspecified atom stereocenters. The van der Waals surface area contributed by atoms with Crippen molar-refractivity contribution in [3.05, 3.63) is 42.6 Å². The lowest BCUT2D eigenvalue weighted by Crippen LogP contribution is -2.25. The first-order valence-electron chi connectivity index (χ1n) is 8.32. The molecule has 4 heteroatoms. The van der Waals surface area contributed by atoms with Crippen LogP contribution in [0.15, 0.2) is 37.1 Å². The predicted octanol–water partition coefficient (Wildman–Crippen LogP) is 3.92. The van der Waals surface area contributed by atoms with Gasteiger partial charge >= 0.3 is 5.97 Å². The molecule has 0 fully saturated rings. The summed E-state index contributed by atoms with van der Waals surface area (Å²) in [6.45, 7) is 10.8. The van der Waals surface area contributed by atoms with Crippen LogP contribution >= 0.6 is 0 Å². The lowest BCUT2D eigenvalue weighted by molar-refractivity contribution is -0.134. The largest absolute Gasteiger partial charge is 0.424 e. The van der Waals surface area contributed by atoms with Crippen molar-refractivity contribution in [1.82, 2.24) is 9.88 Å². The number of H-pyrrole nitrogens is 1. The Balaban J connectivity index is 2.14. The maximum absolute atomic E-state index is 11.7. The molecule has 0 aliphatic carbocycles. The number of benzene rings is 1. The number of hydrogen-bond acceptors (Lipinski definition) is 3. The van der Waals surface area contributed by atoms with E-state index in [1.54, 1.807) is 0 Å². The van der Waals surface area contributed by atoms with E-state index >= 15 is 0 Å². The van der Waals surface area contributed by atoms with Crippen molar-refractivity contribution in [2.75, 3.05) is 19.6 Å².